The molecule has 0 aliphatic heterocycles. The first kappa shape index (κ1) is 13.4. The van der Waals surface area contributed by atoms with Crippen molar-refractivity contribution in [3.8, 4) is 17.2 Å². The maximum absolute atomic E-state index is 9.59. The summed E-state index contributed by atoms with van der Waals surface area (Å²) in [5.41, 5.74) is 1.07. The number of halogens is 1. The number of rotatable bonds is 3. The number of benzene rings is 2. The molecule has 0 atom stereocenters. The third kappa shape index (κ3) is 3.23. The summed E-state index contributed by atoms with van der Waals surface area (Å²) >= 11 is 3.32. The number of nitrogens with zero attached hydrogens (tertiary/aromatic N) is 2. The van der Waals surface area contributed by atoms with Gasteiger partial charge < -0.3 is 15.3 Å². The van der Waals surface area contributed by atoms with Crippen LogP contribution in [-0.4, -0.2) is 15.3 Å². The fraction of sp³-hybridized carbons (Fsp3) is 0.0769. The third-order valence-corrected chi connectivity index (χ3v) is 3.00. The molecule has 2 rings (SSSR count). The molecule has 0 amide bonds. The van der Waals surface area contributed by atoms with E-state index in [2.05, 4.69) is 26.2 Å². The van der Waals surface area contributed by atoms with E-state index in [0.29, 0.717) is 11.3 Å². The second kappa shape index (κ2) is 5.71. The Balaban J connectivity index is 2.10. The highest BCUT2D eigenvalue weighted by atomic mass is 79.9. The van der Waals surface area contributed by atoms with E-state index in [9.17, 15) is 15.3 Å². The van der Waals surface area contributed by atoms with Gasteiger partial charge in [0.1, 0.15) is 0 Å². The number of hydrogen-bond acceptors (Lipinski definition) is 5. The third-order valence-electron chi connectivity index (χ3n) is 2.47. The topological polar surface area (TPSA) is 85.4 Å². The van der Waals surface area contributed by atoms with Crippen LogP contribution < -0.4 is 0 Å². The molecule has 3 N–H and O–H groups in total. The van der Waals surface area contributed by atoms with Crippen molar-refractivity contribution in [2.45, 2.75) is 6.54 Å². The Morgan fingerprint density at radius 1 is 0.895 bits per heavy atom. The lowest BCUT2D eigenvalue weighted by Gasteiger charge is -2.04. The molecule has 2 aromatic rings. The van der Waals surface area contributed by atoms with Crippen LogP contribution in [0.5, 0.6) is 17.2 Å². The van der Waals surface area contributed by atoms with Gasteiger partial charge in [0.2, 0.25) is 5.75 Å². The van der Waals surface area contributed by atoms with Crippen molar-refractivity contribution in [2.75, 3.05) is 0 Å². The van der Waals surface area contributed by atoms with Gasteiger partial charge in [-0.25, -0.2) is 0 Å². The van der Waals surface area contributed by atoms with Crippen LogP contribution in [0, 0.1) is 0 Å². The van der Waals surface area contributed by atoms with E-state index in [0.717, 1.165) is 4.47 Å². The zero-order chi connectivity index (χ0) is 13.8. The van der Waals surface area contributed by atoms with Gasteiger partial charge in [0.25, 0.3) is 0 Å². The monoisotopic (exact) mass is 322 g/mol. The number of hydrogen-bond donors (Lipinski definition) is 3. The number of phenols is 3. The molecule has 0 bridgehead atoms. The lowest BCUT2D eigenvalue weighted by molar-refractivity contribution is 0.365. The molecule has 0 fully saturated rings. The maximum Gasteiger partial charge on any atom is 0.200 e. The average Bonchev–Trinajstić information content (AvgIpc) is 2.41. The Morgan fingerprint density at radius 3 is 2.26 bits per heavy atom. The van der Waals surface area contributed by atoms with E-state index in [1.54, 1.807) is 12.1 Å². The Kier molecular flexibility index (Phi) is 4.01. The molecule has 0 unspecified atom stereocenters. The SMILES string of the molecule is Oc1ccc(CN=Nc2ccc(Br)cc2)c(O)c1O. The van der Waals surface area contributed by atoms with Gasteiger partial charge >= 0.3 is 0 Å². The van der Waals surface area contributed by atoms with Crippen molar-refractivity contribution in [1.29, 1.82) is 0 Å². The predicted molar refractivity (Wildman–Crippen MR) is 73.8 cm³/mol. The van der Waals surface area contributed by atoms with Crippen LogP contribution in [0.1, 0.15) is 5.56 Å². The summed E-state index contributed by atoms with van der Waals surface area (Å²) in [6, 6.07) is 10.0. The number of phenolic OH excluding ortho intramolecular Hbond substituents is 3. The quantitative estimate of drug-likeness (QED) is 0.592. The van der Waals surface area contributed by atoms with Crippen LogP contribution in [0.25, 0.3) is 0 Å². The second-order valence-electron chi connectivity index (χ2n) is 3.82. The minimum atomic E-state index is -0.545. The molecule has 6 heteroatoms. The molecule has 0 aromatic heterocycles. The summed E-state index contributed by atoms with van der Waals surface area (Å²) in [5.74, 6) is -1.29. The predicted octanol–water partition coefficient (Wildman–Crippen LogP) is 3.85. The van der Waals surface area contributed by atoms with Gasteiger partial charge in [-0.2, -0.15) is 10.2 Å². The molecule has 5 nitrogen and oxygen atoms in total. The molecular formula is C13H11BrN2O3. The summed E-state index contributed by atoms with van der Waals surface area (Å²) in [6.45, 7) is 0.107. The van der Waals surface area contributed by atoms with E-state index in [1.165, 1.54) is 12.1 Å². The Morgan fingerprint density at radius 2 is 1.58 bits per heavy atom. The summed E-state index contributed by atoms with van der Waals surface area (Å²) in [7, 11) is 0. The van der Waals surface area contributed by atoms with Crippen molar-refractivity contribution in [3.63, 3.8) is 0 Å². The van der Waals surface area contributed by atoms with Gasteiger partial charge in [0.15, 0.2) is 11.5 Å². The van der Waals surface area contributed by atoms with Crippen molar-refractivity contribution in [2.24, 2.45) is 10.2 Å². The van der Waals surface area contributed by atoms with E-state index in [4.69, 9.17) is 0 Å². The lowest BCUT2D eigenvalue weighted by Crippen LogP contribution is -1.83. The smallest absolute Gasteiger partial charge is 0.200 e. The molecule has 0 radical (unpaired) electrons. The maximum atomic E-state index is 9.59. The highest BCUT2D eigenvalue weighted by molar-refractivity contribution is 9.10. The molecule has 0 saturated heterocycles. The Hall–Kier alpha value is -2.08. The standard InChI is InChI=1S/C13H11BrN2O3/c14-9-2-4-10(5-3-9)16-15-7-8-1-6-11(17)13(19)12(8)18/h1-6,17-19H,7H2. The van der Waals surface area contributed by atoms with Gasteiger partial charge in [-0.3, -0.25) is 0 Å². The molecule has 0 aliphatic rings. The second-order valence-corrected chi connectivity index (χ2v) is 4.73. The van der Waals surface area contributed by atoms with Crippen LogP contribution in [0.15, 0.2) is 51.1 Å². The van der Waals surface area contributed by atoms with Crippen LogP contribution in [-0.2, 0) is 6.54 Å². The first-order valence-electron chi connectivity index (χ1n) is 5.44. The molecule has 98 valence electrons. The van der Waals surface area contributed by atoms with Gasteiger partial charge in [-0.05, 0) is 36.4 Å². The number of azo groups is 1. The van der Waals surface area contributed by atoms with Gasteiger partial charge in [-0.15, -0.1) is 0 Å². The van der Waals surface area contributed by atoms with Gasteiger partial charge in [0.05, 0.1) is 12.2 Å². The van der Waals surface area contributed by atoms with Crippen LogP contribution >= 0.6 is 15.9 Å². The van der Waals surface area contributed by atoms with E-state index in [1.807, 2.05) is 12.1 Å². The molecule has 0 saturated carbocycles. The molecule has 0 aliphatic carbocycles. The summed E-state index contributed by atoms with van der Waals surface area (Å²) in [6.07, 6.45) is 0. The molecule has 19 heavy (non-hydrogen) atoms. The Labute approximate surface area is 118 Å². The summed E-state index contributed by atoms with van der Waals surface area (Å²) in [5, 5.41) is 36.1. The normalized spacial score (nSPS) is 11.0. The summed E-state index contributed by atoms with van der Waals surface area (Å²) in [4.78, 5) is 0. The zero-order valence-electron chi connectivity index (χ0n) is 9.79. The van der Waals surface area contributed by atoms with E-state index in [-0.39, 0.29) is 18.0 Å². The fourth-order valence-electron chi connectivity index (χ4n) is 1.44. The molecule has 0 heterocycles. The highest BCUT2D eigenvalue weighted by Crippen LogP contribution is 2.37. The van der Waals surface area contributed by atoms with E-state index >= 15 is 0 Å². The van der Waals surface area contributed by atoms with Crippen LogP contribution in [0.3, 0.4) is 0 Å². The zero-order valence-corrected chi connectivity index (χ0v) is 11.4. The van der Waals surface area contributed by atoms with Gasteiger partial charge in [0, 0.05) is 10.0 Å². The summed E-state index contributed by atoms with van der Waals surface area (Å²) < 4.78 is 0.951. The first-order valence-corrected chi connectivity index (χ1v) is 6.23. The lowest BCUT2D eigenvalue weighted by atomic mass is 10.2. The Bertz CT molecular complexity index is 612. The largest absolute Gasteiger partial charge is 0.504 e. The van der Waals surface area contributed by atoms with Crippen molar-refractivity contribution >= 4 is 21.6 Å². The average molecular weight is 323 g/mol. The highest BCUT2D eigenvalue weighted by Gasteiger charge is 2.10. The van der Waals surface area contributed by atoms with Crippen LogP contribution in [0.2, 0.25) is 0 Å². The van der Waals surface area contributed by atoms with E-state index < -0.39 is 5.75 Å². The van der Waals surface area contributed by atoms with Crippen molar-refractivity contribution < 1.29 is 15.3 Å². The van der Waals surface area contributed by atoms with Crippen molar-refractivity contribution in [1.82, 2.24) is 0 Å². The van der Waals surface area contributed by atoms with Gasteiger partial charge in [-0.1, -0.05) is 15.9 Å². The number of aromatic hydroxyl groups is 3. The molecule has 0 spiro atoms. The molecular weight excluding hydrogens is 312 g/mol. The minimum absolute atomic E-state index is 0.107. The first-order chi connectivity index (χ1) is 9.08. The fourth-order valence-corrected chi connectivity index (χ4v) is 1.70. The minimum Gasteiger partial charge on any atom is -0.504 e. The van der Waals surface area contributed by atoms with Crippen LogP contribution in [0.4, 0.5) is 5.69 Å². The van der Waals surface area contributed by atoms with Crippen molar-refractivity contribution in [3.05, 3.63) is 46.4 Å². The molecule has 2 aromatic carbocycles.